The Hall–Kier alpha value is -0.940. The van der Waals surface area contributed by atoms with E-state index in [-0.39, 0.29) is 17.3 Å². The molecule has 0 heterocycles. The Morgan fingerprint density at radius 1 is 1.25 bits per heavy atom. The monoisotopic (exact) mass is 288 g/mol. The first kappa shape index (κ1) is 19.1. The highest BCUT2D eigenvalue weighted by molar-refractivity contribution is 5.82. The van der Waals surface area contributed by atoms with E-state index in [2.05, 4.69) is 13.8 Å². The van der Waals surface area contributed by atoms with Crippen molar-refractivity contribution >= 4 is 11.8 Å². The molecule has 0 aromatic rings. The van der Waals surface area contributed by atoms with Gasteiger partial charge in [0.25, 0.3) is 0 Å². The van der Waals surface area contributed by atoms with Crippen LogP contribution in [0, 0.1) is 17.3 Å². The fourth-order valence-corrected chi connectivity index (χ4v) is 2.49. The van der Waals surface area contributed by atoms with E-state index in [1.165, 1.54) is 6.92 Å². The standard InChI is InChI=1S/C12H22O2.C3H6O3/c1-8(2)10-5-6-12(4,9(3)13)7-11(10)14;1-2(4)3(5)6/h8,10-11,14H,5-7H2,1-4H3;2,4H,1H3,(H,5,6). The van der Waals surface area contributed by atoms with Gasteiger partial charge in [-0.25, -0.2) is 4.79 Å². The molecule has 5 nitrogen and oxygen atoms in total. The molecular formula is C15H28O5. The van der Waals surface area contributed by atoms with Crippen LogP contribution in [0.25, 0.3) is 0 Å². The number of aliphatic carboxylic acids is 1. The van der Waals surface area contributed by atoms with E-state index in [0.29, 0.717) is 18.3 Å². The zero-order chi connectivity index (χ0) is 16.1. The van der Waals surface area contributed by atoms with Crippen molar-refractivity contribution < 1.29 is 24.9 Å². The summed E-state index contributed by atoms with van der Waals surface area (Å²) in [4.78, 5) is 20.9. The summed E-state index contributed by atoms with van der Waals surface area (Å²) < 4.78 is 0. The molecule has 0 spiro atoms. The van der Waals surface area contributed by atoms with Crippen LogP contribution < -0.4 is 0 Å². The van der Waals surface area contributed by atoms with Crippen molar-refractivity contribution in [1.82, 2.24) is 0 Å². The van der Waals surface area contributed by atoms with Crippen molar-refractivity contribution in [2.45, 2.75) is 66.1 Å². The number of carboxylic acids is 1. The van der Waals surface area contributed by atoms with Gasteiger partial charge in [0.2, 0.25) is 0 Å². The summed E-state index contributed by atoms with van der Waals surface area (Å²) >= 11 is 0. The van der Waals surface area contributed by atoms with Gasteiger partial charge >= 0.3 is 5.97 Å². The molecule has 0 radical (unpaired) electrons. The molecule has 20 heavy (non-hydrogen) atoms. The van der Waals surface area contributed by atoms with Gasteiger partial charge in [0.05, 0.1) is 6.10 Å². The van der Waals surface area contributed by atoms with Crippen LogP contribution in [0.2, 0.25) is 0 Å². The molecule has 1 fully saturated rings. The number of aliphatic hydroxyl groups excluding tert-OH is 2. The Kier molecular flexibility index (Phi) is 7.38. The number of carbonyl (C=O) groups excluding carboxylic acids is 1. The maximum atomic E-state index is 11.4. The molecule has 4 atom stereocenters. The van der Waals surface area contributed by atoms with Gasteiger partial charge in [-0.15, -0.1) is 0 Å². The Labute approximate surface area is 121 Å². The molecule has 118 valence electrons. The summed E-state index contributed by atoms with van der Waals surface area (Å²) in [6.45, 7) is 9.11. The maximum absolute atomic E-state index is 11.4. The Morgan fingerprint density at radius 2 is 1.70 bits per heavy atom. The van der Waals surface area contributed by atoms with Crippen LogP contribution >= 0.6 is 0 Å². The van der Waals surface area contributed by atoms with Crippen LogP contribution in [0.5, 0.6) is 0 Å². The zero-order valence-electron chi connectivity index (χ0n) is 13.1. The van der Waals surface area contributed by atoms with Crippen LogP contribution in [0.4, 0.5) is 0 Å². The van der Waals surface area contributed by atoms with Gasteiger partial charge in [-0.05, 0) is 44.9 Å². The van der Waals surface area contributed by atoms with E-state index >= 15 is 0 Å². The summed E-state index contributed by atoms with van der Waals surface area (Å²) in [7, 11) is 0. The lowest BCUT2D eigenvalue weighted by atomic mass is 9.66. The molecule has 5 heteroatoms. The smallest absolute Gasteiger partial charge is 0.332 e. The number of carbonyl (C=O) groups is 2. The van der Waals surface area contributed by atoms with Crippen molar-refractivity contribution in [3.05, 3.63) is 0 Å². The number of Topliss-reactive ketones (excluding diaryl/α,β-unsaturated/α-hetero) is 1. The van der Waals surface area contributed by atoms with E-state index in [1.54, 1.807) is 6.92 Å². The highest BCUT2D eigenvalue weighted by Crippen LogP contribution is 2.41. The van der Waals surface area contributed by atoms with Gasteiger partial charge in [-0.2, -0.15) is 0 Å². The van der Waals surface area contributed by atoms with Crippen molar-refractivity contribution in [2.75, 3.05) is 0 Å². The molecule has 0 aromatic carbocycles. The maximum Gasteiger partial charge on any atom is 0.332 e. The van der Waals surface area contributed by atoms with Crippen LogP contribution in [0.1, 0.15) is 53.9 Å². The average molecular weight is 288 g/mol. The van der Waals surface area contributed by atoms with Crippen LogP contribution in [0.15, 0.2) is 0 Å². The quantitative estimate of drug-likeness (QED) is 0.736. The average Bonchev–Trinajstić information content (AvgIpc) is 2.28. The summed E-state index contributed by atoms with van der Waals surface area (Å²) in [6.07, 6.45) is 1.03. The molecular weight excluding hydrogens is 260 g/mol. The lowest BCUT2D eigenvalue weighted by molar-refractivity contribution is -0.145. The molecule has 4 unspecified atom stereocenters. The van der Waals surface area contributed by atoms with Crippen LogP contribution in [0.3, 0.4) is 0 Å². The summed E-state index contributed by atoms with van der Waals surface area (Å²) in [6, 6.07) is 0. The zero-order valence-corrected chi connectivity index (χ0v) is 13.1. The summed E-state index contributed by atoms with van der Waals surface area (Å²) in [5.74, 6) is -0.0716. The fraction of sp³-hybridized carbons (Fsp3) is 0.867. The van der Waals surface area contributed by atoms with Gasteiger partial charge in [-0.3, -0.25) is 4.79 Å². The number of hydrogen-bond acceptors (Lipinski definition) is 4. The minimum Gasteiger partial charge on any atom is -0.479 e. The third kappa shape index (κ3) is 5.59. The minimum absolute atomic E-state index is 0.221. The Bertz CT molecular complexity index is 337. The normalized spacial score (nSPS) is 31.2. The number of ketones is 1. The van der Waals surface area contributed by atoms with Crippen molar-refractivity contribution in [3.8, 4) is 0 Å². The largest absolute Gasteiger partial charge is 0.479 e. The molecule has 1 rings (SSSR count). The first-order valence-electron chi connectivity index (χ1n) is 7.11. The van der Waals surface area contributed by atoms with E-state index in [1.807, 2.05) is 6.92 Å². The number of aliphatic hydroxyl groups is 2. The van der Waals surface area contributed by atoms with Crippen LogP contribution in [-0.4, -0.2) is 39.3 Å². The van der Waals surface area contributed by atoms with E-state index < -0.39 is 12.1 Å². The van der Waals surface area contributed by atoms with E-state index in [4.69, 9.17) is 10.2 Å². The number of hydrogen-bond donors (Lipinski definition) is 3. The predicted molar refractivity (Wildman–Crippen MR) is 76.3 cm³/mol. The molecule has 0 saturated heterocycles. The fourth-order valence-electron chi connectivity index (χ4n) is 2.49. The second-order valence-corrected chi connectivity index (χ2v) is 6.35. The SMILES string of the molecule is CC(=O)C1(C)CCC(C(C)C)C(O)C1.CC(O)C(=O)O. The summed E-state index contributed by atoms with van der Waals surface area (Å²) in [5, 5.41) is 25.7. The second-order valence-electron chi connectivity index (χ2n) is 6.35. The molecule has 3 N–H and O–H groups in total. The molecule has 1 saturated carbocycles. The Morgan fingerprint density at radius 3 is 1.95 bits per heavy atom. The number of carboxylic acid groups (broad SMARTS) is 1. The highest BCUT2D eigenvalue weighted by atomic mass is 16.4. The van der Waals surface area contributed by atoms with Crippen molar-refractivity contribution in [1.29, 1.82) is 0 Å². The third-order valence-corrected chi connectivity index (χ3v) is 4.25. The Balaban J connectivity index is 0.000000511. The molecule has 0 aromatic heterocycles. The van der Waals surface area contributed by atoms with Crippen molar-refractivity contribution in [2.24, 2.45) is 17.3 Å². The first-order valence-corrected chi connectivity index (χ1v) is 7.11. The molecule has 0 bridgehead atoms. The van der Waals surface area contributed by atoms with E-state index in [9.17, 15) is 14.7 Å². The van der Waals surface area contributed by atoms with Gasteiger partial charge < -0.3 is 15.3 Å². The van der Waals surface area contributed by atoms with Gasteiger partial charge in [0.1, 0.15) is 11.9 Å². The minimum atomic E-state index is -1.23. The van der Waals surface area contributed by atoms with Crippen LogP contribution in [-0.2, 0) is 9.59 Å². The third-order valence-electron chi connectivity index (χ3n) is 4.25. The molecule has 1 aliphatic carbocycles. The molecule has 0 amide bonds. The first-order chi connectivity index (χ1) is 9.01. The topological polar surface area (TPSA) is 94.8 Å². The second kappa shape index (κ2) is 7.74. The number of rotatable bonds is 3. The highest BCUT2D eigenvalue weighted by Gasteiger charge is 2.40. The molecule has 1 aliphatic rings. The summed E-state index contributed by atoms with van der Waals surface area (Å²) in [5.41, 5.74) is -0.273. The lowest BCUT2D eigenvalue weighted by Gasteiger charge is -2.40. The van der Waals surface area contributed by atoms with Crippen molar-refractivity contribution in [3.63, 3.8) is 0 Å². The lowest BCUT2D eigenvalue weighted by Crippen LogP contribution is -2.41. The van der Waals surface area contributed by atoms with E-state index in [0.717, 1.165) is 12.8 Å². The molecule has 0 aliphatic heterocycles. The van der Waals surface area contributed by atoms with Gasteiger partial charge in [0.15, 0.2) is 0 Å². The van der Waals surface area contributed by atoms with Gasteiger partial charge in [-0.1, -0.05) is 20.8 Å². The predicted octanol–water partition coefficient (Wildman–Crippen LogP) is 1.85. The van der Waals surface area contributed by atoms with Gasteiger partial charge in [0, 0.05) is 5.41 Å².